The summed E-state index contributed by atoms with van der Waals surface area (Å²) >= 11 is 3.44. The molecule has 0 spiro atoms. The third-order valence-electron chi connectivity index (χ3n) is 3.98. The molecule has 3 aromatic heterocycles. The van der Waals surface area contributed by atoms with E-state index in [1.807, 2.05) is 23.7 Å². The van der Waals surface area contributed by atoms with Gasteiger partial charge in [0.05, 0.1) is 17.8 Å². The van der Waals surface area contributed by atoms with E-state index in [9.17, 15) is 0 Å². The van der Waals surface area contributed by atoms with Crippen LogP contribution in [-0.2, 0) is 13.0 Å². The predicted octanol–water partition coefficient (Wildman–Crippen LogP) is 4.84. The quantitative estimate of drug-likeness (QED) is 0.265. The Hall–Kier alpha value is -1.39. The largest absolute Gasteiger partial charge is 0.469 e. The number of guanidine groups is 1. The van der Waals surface area contributed by atoms with Crippen molar-refractivity contribution in [3.8, 4) is 0 Å². The maximum atomic E-state index is 5.41. The van der Waals surface area contributed by atoms with E-state index < -0.39 is 0 Å². The van der Waals surface area contributed by atoms with Gasteiger partial charge in [-0.3, -0.25) is 0 Å². The van der Waals surface area contributed by atoms with Gasteiger partial charge in [0.15, 0.2) is 5.96 Å². The van der Waals surface area contributed by atoms with E-state index in [2.05, 4.69) is 46.7 Å². The third-order valence-corrected chi connectivity index (χ3v) is 5.85. The van der Waals surface area contributed by atoms with Gasteiger partial charge in [0.1, 0.15) is 5.76 Å². The monoisotopic (exact) mass is 516 g/mol. The summed E-state index contributed by atoms with van der Waals surface area (Å²) in [6, 6.07) is 8.10. The molecule has 0 bridgehead atoms. The molecule has 0 fully saturated rings. The zero-order chi connectivity index (χ0) is 18.2. The number of thiazole rings is 1. The van der Waals surface area contributed by atoms with Gasteiger partial charge in [-0.25, -0.2) is 9.98 Å². The van der Waals surface area contributed by atoms with Gasteiger partial charge in [0.25, 0.3) is 0 Å². The van der Waals surface area contributed by atoms with E-state index in [-0.39, 0.29) is 24.0 Å². The van der Waals surface area contributed by atoms with Crippen LogP contribution in [0.5, 0.6) is 0 Å². The van der Waals surface area contributed by atoms with Crippen molar-refractivity contribution in [2.24, 2.45) is 4.99 Å². The molecular weight excluding hydrogens is 491 g/mol. The zero-order valence-corrected chi connectivity index (χ0v) is 19.5. The van der Waals surface area contributed by atoms with E-state index in [1.165, 1.54) is 4.88 Å². The molecule has 5 nitrogen and oxygen atoms in total. The van der Waals surface area contributed by atoms with Gasteiger partial charge < -0.3 is 14.6 Å². The summed E-state index contributed by atoms with van der Waals surface area (Å²) in [6.45, 7) is 4.54. The minimum absolute atomic E-state index is 0. The second kappa shape index (κ2) is 11.5. The highest BCUT2D eigenvalue weighted by atomic mass is 127. The Balaban J connectivity index is 0.00000261. The number of thiophene rings is 1. The number of aliphatic imine (C=N–C) groups is 1. The maximum absolute atomic E-state index is 5.41. The Kier molecular flexibility index (Phi) is 9.29. The van der Waals surface area contributed by atoms with Crippen molar-refractivity contribution in [2.75, 3.05) is 20.1 Å². The lowest BCUT2D eigenvalue weighted by Gasteiger charge is -2.25. The number of likely N-dealkylation sites (N-methyl/N-ethyl adjacent to an activating group) is 1. The molecular formula is C19H25IN4OS2. The van der Waals surface area contributed by atoms with Gasteiger partial charge in [-0.1, -0.05) is 13.0 Å². The first-order valence-corrected chi connectivity index (χ1v) is 10.4. The number of halogens is 1. The van der Waals surface area contributed by atoms with Crippen LogP contribution in [0.3, 0.4) is 0 Å². The molecule has 8 heteroatoms. The van der Waals surface area contributed by atoms with E-state index in [0.29, 0.717) is 12.5 Å². The van der Waals surface area contributed by atoms with E-state index in [4.69, 9.17) is 9.41 Å². The molecule has 0 aliphatic carbocycles. The van der Waals surface area contributed by atoms with Crippen molar-refractivity contribution >= 4 is 52.6 Å². The molecule has 3 heterocycles. The lowest BCUT2D eigenvalue weighted by Crippen LogP contribution is -2.41. The molecule has 1 atom stereocenters. The van der Waals surface area contributed by atoms with Crippen LogP contribution in [0, 0.1) is 0 Å². The molecule has 0 radical (unpaired) electrons. The lowest BCUT2D eigenvalue weighted by atomic mass is 10.2. The van der Waals surface area contributed by atoms with Gasteiger partial charge in [-0.15, -0.1) is 46.7 Å². The van der Waals surface area contributed by atoms with Crippen LogP contribution in [-0.4, -0.2) is 36.0 Å². The molecule has 0 aromatic carbocycles. The number of nitrogens with one attached hydrogen (secondary N) is 1. The van der Waals surface area contributed by atoms with Crippen LogP contribution in [0.1, 0.15) is 28.5 Å². The normalized spacial score (nSPS) is 12.4. The van der Waals surface area contributed by atoms with Crippen molar-refractivity contribution in [1.82, 2.24) is 15.2 Å². The van der Waals surface area contributed by atoms with Crippen molar-refractivity contribution < 1.29 is 4.42 Å². The lowest BCUT2D eigenvalue weighted by molar-refractivity contribution is 0.442. The first-order chi connectivity index (χ1) is 12.7. The highest BCUT2D eigenvalue weighted by molar-refractivity contribution is 14.0. The fourth-order valence-corrected chi connectivity index (χ4v) is 3.99. The second-order valence-corrected chi connectivity index (χ2v) is 8.09. The SMILES string of the molecule is CC(CN(C)C(=NCc1cccs1)NCCc1ccco1)c1nccs1.I. The second-order valence-electron chi connectivity index (χ2n) is 6.13. The number of rotatable bonds is 8. The van der Waals surface area contributed by atoms with Crippen molar-refractivity contribution in [1.29, 1.82) is 0 Å². The Morgan fingerprint density at radius 1 is 1.30 bits per heavy atom. The van der Waals surface area contributed by atoms with Gasteiger partial charge in [-0.2, -0.15) is 0 Å². The van der Waals surface area contributed by atoms with Crippen molar-refractivity contribution in [2.45, 2.75) is 25.8 Å². The summed E-state index contributed by atoms with van der Waals surface area (Å²) in [5.41, 5.74) is 0. The number of hydrogen-bond acceptors (Lipinski definition) is 5. The van der Waals surface area contributed by atoms with Crippen LogP contribution in [0.2, 0.25) is 0 Å². The fourth-order valence-electron chi connectivity index (χ4n) is 2.67. The smallest absolute Gasteiger partial charge is 0.194 e. The van der Waals surface area contributed by atoms with Crippen molar-refractivity contribution in [3.63, 3.8) is 0 Å². The summed E-state index contributed by atoms with van der Waals surface area (Å²) in [5.74, 6) is 2.25. The zero-order valence-electron chi connectivity index (χ0n) is 15.5. The molecule has 0 saturated carbocycles. The van der Waals surface area contributed by atoms with Gasteiger partial charge in [-0.05, 0) is 23.6 Å². The van der Waals surface area contributed by atoms with Crippen LogP contribution in [0.25, 0.3) is 0 Å². The molecule has 146 valence electrons. The fraction of sp³-hybridized carbons (Fsp3) is 0.368. The standard InChI is InChI=1S/C19H24N4OS2.HI/c1-15(18-20-9-12-26-18)14-23(2)19(22-13-17-6-4-11-25-17)21-8-7-16-5-3-10-24-16;/h3-6,9-12,15H,7-8,13-14H2,1-2H3,(H,21,22);1H. The maximum Gasteiger partial charge on any atom is 0.194 e. The van der Waals surface area contributed by atoms with E-state index >= 15 is 0 Å². The van der Waals surface area contributed by atoms with Gasteiger partial charge >= 0.3 is 0 Å². The Morgan fingerprint density at radius 3 is 2.85 bits per heavy atom. The number of nitrogens with zero attached hydrogens (tertiary/aromatic N) is 3. The van der Waals surface area contributed by atoms with E-state index in [0.717, 1.165) is 36.2 Å². The molecule has 1 N–H and O–H groups in total. The molecule has 0 aliphatic rings. The summed E-state index contributed by atoms with van der Waals surface area (Å²) in [5, 5.41) is 8.75. The molecule has 0 aliphatic heterocycles. The average molecular weight is 516 g/mol. The number of furan rings is 1. The van der Waals surface area contributed by atoms with Gasteiger partial charge in [0.2, 0.25) is 0 Å². The summed E-state index contributed by atoms with van der Waals surface area (Å²) < 4.78 is 5.41. The Morgan fingerprint density at radius 2 is 2.19 bits per heavy atom. The molecule has 0 saturated heterocycles. The molecule has 3 aromatic rings. The topological polar surface area (TPSA) is 53.7 Å². The first kappa shape index (κ1) is 21.9. The average Bonchev–Trinajstić information content (AvgIpc) is 3.41. The molecule has 3 rings (SSSR count). The van der Waals surface area contributed by atoms with E-state index in [1.54, 1.807) is 28.9 Å². The Labute approximate surface area is 185 Å². The van der Waals surface area contributed by atoms with Crippen LogP contribution >= 0.6 is 46.7 Å². The van der Waals surface area contributed by atoms with Crippen LogP contribution in [0.15, 0.2) is 56.9 Å². The predicted molar refractivity (Wildman–Crippen MR) is 124 cm³/mol. The first-order valence-electron chi connectivity index (χ1n) is 8.66. The third kappa shape index (κ3) is 6.93. The van der Waals surface area contributed by atoms with Crippen molar-refractivity contribution in [3.05, 3.63) is 63.1 Å². The Bertz CT molecular complexity index is 773. The molecule has 0 amide bonds. The van der Waals surface area contributed by atoms with Gasteiger partial charge in [0, 0.05) is 48.9 Å². The summed E-state index contributed by atoms with van der Waals surface area (Å²) in [6.07, 6.45) is 4.41. The highest BCUT2D eigenvalue weighted by Crippen LogP contribution is 2.18. The minimum Gasteiger partial charge on any atom is -0.469 e. The summed E-state index contributed by atoms with van der Waals surface area (Å²) in [4.78, 5) is 12.7. The minimum atomic E-state index is 0. The molecule has 1 unspecified atom stereocenters. The van der Waals surface area contributed by atoms with Crippen LogP contribution in [0.4, 0.5) is 0 Å². The highest BCUT2D eigenvalue weighted by Gasteiger charge is 2.14. The molecule has 27 heavy (non-hydrogen) atoms. The summed E-state index contributed by atoms with van der Waals surface area (Å²) in [7, 11) is 2.08. The van der Waals surface area contributed by atoms with Crippen LogP contribution < -0.4 is 5.32 Å². The number of hydrogen-bond donors (Lipinski definition) is 1. The number of aromatic nitrogens is 1.